The SMILES string of the molecule is CCc1cccc(-c2nc(C)nc3c2c(C(=O)OC)c(N)n3-c2c(C)ccc(OC)c2C)c1CNC(=O)OC(C)(C)C. The Morgan fingerprint density at radius 3 is 2.38 bits per heavy atom. The van der Waals surface area contributed by atoms with Gasteiger partial charge in [-0.25, -0.2) is 19.6 Å². The number of anilines is 1. The lowest BCUT2D eigenvalue weighted by molar-refractivity contribution is 0.0522. The molecule has 3 N–H and O–H groups in total. The molecule has 0 bridgehead atoms. The molecule has 2 aromatic carbocycles. The maximum Gasteiger partial charge on any atom is 0.407 e. The summed E-state index contributed by atoms with van der Waals surface area (Å²) in [5, 5.41) is 3.34. The number of amides is 1. The third-order valence-electron chi connectivity index (χ3n) is 7.09. The van der Waals surface area contributed by atoms with E-state index in [-0.39, 0.29) is 17.9 Å². The van der Waals surface area contributed by atoms with Crippen LogP contribution in [0.5, 0.6) is 5.75 Å². The van der Waals surface area contributed by atoms with Crippen LogP contribution in [0.25, 0.3) is 28.0 Å². The first-order chi connectivity index (χ1) is 19.8. The van der Waals surface area contributed by atoms with Crippen molar-refractivity contribution in [3.05, 3.63) is 64.0 Å². The fraction of sp³-hybridized carbons (Fsp3) is 0.375. The van der Waals surface area contributed by atoms with Crippen LogP contribution in [0.2, 0.25) is 0 Å². The molecule has 0 saturated carbocycles. The number of esters is 1. The van der Waals surface area contributed by atoms with Crippen LogP contribution in [-0.4, -0.2) is 46.4 Å². The summed E-state index contributed by atoms with van der Waals surface area (Å²) >= 11 is 0. The van der Waals surface area contributed by atoms with E-state index in [1.165, 1.54) is 7.11 Å². The molecule has 10 heteroatoms. The molecule has 0 aliphatic carbocycles. The van der Waals surface area contributed by atoms with E-state index in [0.717, 1.165) is 33.5 Å². The minimum atomic E-state index is -0.640. The van der Waals surface area contributed by atoms with Gasteiger partial charge in [0.05, 0.1) is 31.0 Å². The molecular weight excluding hydrogens is 534 g/mol. The molecular formula is C32H39N5O5. The molecule has 42 heavy (non-hydrogen) atoms. The molecule has 0 fully saturated rings. The molecule has 1 amide bonds. The van der Waals surface area contributed by atoms with Crippen LogP contribution in [0.1, 0.15) is 66.1 Å². The molecule has 0 aliphatic heterocycles. The second-order valence-corrected chi connectivity index (χ2v) is 11.1. The number of methoxy groups -OCH3 is 2. The van der Waals surface area contributed by atoms with Crippen molar-refractivity contribution in [2.45, 2.75) is 67.0 Å². The predicted octanol–water partition coefficient (Wildman–Crippen LogP) is 5.98. The molecule has 2 aromatic heterocycles. The molecule has 10 nitrogen and oxygen atoms in total. The predicted molar refractivity (Wildman–Crippen MR) is 163 cm³/mol. The number of alkyl carbamates (subject to hydrolysis) is 1. The Morgan fingerprint density at radius 1 is 1.05 bits per heavy atom. The number of nitrogens with zero attached hydrogens (tertiary/aromatic N) is 3. The molecule has 222 valence electrons. The molecule has 4 aromatic rings. The molecule has 0 unspecified atom stereocenters. The smallest absolute Gasteiger partial charge is 0.407 e. The van der Waals surface area contributed by atoms with E-state index in [9.17, 15) is 9.59 Å². The van der Waals surface area contributed by atoms with E-state index in [1.54, 1.807) is 18.6 Å². The fourth-order valence-corrected chi connectivity index (χ4v) is 5.29. The lowest BCUT2D eigenvalue weighted by Crippen LogP contribution is -2.32. The lowest BCUT2D eigenvalue weighted by atomic mass is 9.95. The molecule has 0 spiro atoms. The van der Waals surface area contributed by atoms with Crippen molar-refractivity contribution in [2.24, 2.45) is 0 Å². The standard InChI is InChI=1S/C32H39N5O5/c1-10-20-12-11-13-21(22(20)16-34-31(39)42-32(5,6)7)26-24-25(30(38)41-9)28(33)37(29(24)36-19(4)35-26)27-17(2)14-15-23(40-8)18(27)3/h11-15H,10,16,33H2,1-9H3,(H,34,39). The number of nitrogens with two attached hydrogens (primary N) is 1. The van der Waals surface area contributed by atoms with Gasteiger partial charge in [-0.3, -0.25) is 4.57 Å². The average molecular weight is 574 g/mol. The number of carbonyl (C=O) groups is 2. The van der Waals surface area contributed by atoms with Crippen LogP contribution in [0.15, 0.2) is 30.3 Å². The number of hydrogen-bond acceptors (Lipinski definition) is 8. The van der Waals surface area contributed by atoms with E-state index in [2.05, 4.69) is 5.32 Å². The van der Waals surface area contributed by atoms with Gasteiger partial charge in [0.15, 0.2) is 5.65 Å². The van der Waals surface area contributed by atoms with Crippen molar-refractivity contribution >= 4 is 28.9 Å². The van der Waals surface area contributed by atoms with Crippen molar-refractivity contribution in [1.82, 2.24) is 19.9 Å². The first kappa shape index (κ1) is 30.4. The van der Waals surface area contributed by atoms with E-state index < -0.39 is 17.7 Å². The summed E-state index contributed by atoms with van der Waals surface area (Å²) in [5.74, 6) is 0.730. The van der Waals surface area contributed by atoms with Crippen molar-refractivity contribution < 1.29 is 23.8 Å². The Balaban J connectivity index is 2.06. The van der Waals surface area contributed by atoms with E-state index in [1.807, 2.05) is 71.9 Å². The third kappa shape index (κ3) is 5.61. The van der Waals surface area contributed by atoms with Gasteiger partial charge in [-0.2, -0.15) is 0 Å². The summed E-state index contributed by atoms with van der Waals surface area (Å²) in [7, 11) is 2.92. The second kappa shape index (κ2) is 11.7. The van der Waals surface area contributed by atoms with Gasteiger partial charge >= 0.3 is 12.1 Å². The highest BCUT2D eigenvalue weighted by atomic mass is 16.6. The number of carbonyl (C=O) groups excluding carboxylic acids is 2. The molecule has 0 saturated heterocycles. The number of nitrogen functional groups attached to an aromatic ring is 1. The van der Waals surface area contributed by atoms with E-state index in [0.29, 0.717) is 34.7 Å². The number of aryl methyl sites for hydroxylation is 3. The zero-order valence-corrected chi connectivity index (χ0v) is 25.8. The van der Waals surface area contributed by atoms with Crippen LogP contribution < -0.4 is 15.8 Å². The molecule has 4 rings (SSSR count). The minimum absolute atomic E-state index is 0.164. The van der Waals surface area contributed by atoms with Gasteiger partial charge in [0.1, 0.15) is 28.6 Å². The summed E-state index contributed by atoms with van der Waals surface area (Å²) in [6, 6.07) is 9.68. The van der Waals surface area contributed by atoms with Crippen LogP contribution in [-0.2, 0) is 22.4 Å². The zero-order valence-electron chi connectivity index (χ0n) is 25.8. The van der Waals surface area contributed by atoms with Crippen molar-refractivity contribution in [1.29, 1.82) is 0 Å². The maximum atomic E-state index is 13.3. The monoisotopic (exact) mass is 573 g/mol. The van der Waals surface area contributed by atoms with E-state index in [4.69, 9.17) is 29.9 Å². The molecule has 0 radical (unpaired) electrons. The number of benzene rings is 2. The molecule has 0 atom stereocenters. The van der Waals surface area contributed by atoms with E-state index >= 15 is 0 Å². The van der Waals surface area contributed by atoms with Crippen LogP contribution >= 0.6 is 0 Å². The maximum absolute atomic E-state index is 13.3. The highest BCUT2D eigenvalue weighted by molar-refractivity contribution is 6.13. The Bertz CT molecular complexity index is 1680. The summed E-state index contributed by atoms with van der Waals surface area (Å²) < 4.78 is 18.1. The fourth-order valence-electron chi connectivity index (χ4n) is 5.29. The summed E-state index contributed by atoms with van der Waals surface area (Å²) in [6.45, 7) is 13.4. The molecule has 2 heterocycles. The zero-order chi connectivity index (χ0) is 30.9. The number of aromatic nitrogens is 3. The quantitative estimate of drug-likeness (QED) is 0.258. The van der Waals surface area contributed by atoms with Crippen LogP contribution in [0.3, 0.4) is 0 Å². The van der Waals surface area contributed by atoms with Gasteiger partial charge in [-0.05, 0) is 70.7 Å². The van der Waals surface area contributed by atoms with Crippen molar-refractivity contribution in [2.75, 3.05) is 20.0 Å². The van der Waals surface area contributed by atoms with Gasteiger partial charge in [0.2, 0.25) is 0 Å². The number of hydrogen-bond donors (Lipinski definition) is 2. The first-order valence-corrected chi connectivity index (χ1v) is 13.8. The van der Waals surface area contributed by atoms with Crippen molar-refractivity contribution in [3.63, 3.8) is 0 Å². The normalized spacial score (nSPS) is 11.5. The highest BCUT2D eigenvalue weighted by Gasteiger charge is 2.30. The van der Waals surface area contributed by atoms with Crippen LogP contribution in [0, 0.1) is 20.8 Å². The minimum Gasteiger partial charge on any atom is -0.496 e. The van der Waals surface area contributed by atoms with Gasteiger partial charge in [0, 0.05) is 17.7 Å². The largest absolute Gasteiger partial charge is 0.496 e. The third-order valence-corrected chi connectivity index (χ3v) is 7.09. The average Bonchev–Trinajstić information content (AvgIpc) is 3.21. The van der Waals surface area contributed by atoms with Crippen LogP contribution in [0.4, 0.5) is 10.6 Å². The van der Waals surface area contributed by atoms with Gasteiger partial charge in [-0.1, -0.05) is 31.2 Å². The number of nitrogens with one attached hydrogen (secondary N) is 1. The number of rotatable bonds is 7. The second-order valence-electron chi connectivity index (χ2n) is 11.1. The Kier molecular flexibility index (Phi) is 8.47. The summed E-state index contributed by atoms with van der Waals surface area (Å²) in [4.78, 5) is 35.6. The lowest BCUT2D eigenvalue weighted by Gasteiger charge is -2.21. The summed E-state index contributed by atoms with van der Waals surface area (Å²) in [6.07, 6.45) is 0.180. The number of ether oxygens (including phenoxy) is 3. The Labute approximate surface area is 246 Å². The number of fused-ring (bicyclic) bond motifs is 1. The molecule has 0 aliphatic rings. The summed E-state index contributed by atoms with van der Waals surface area (Å²) in [5.41, 5.74) is 12.4. The highest BCUT2D eigenvalue weighted by Crippen LogP contribution is 2.41. The van der Waals surface area contributed by atoms with Crippen molar-refractivity contribution in [3.8, 4) is 22.7 Å². The Hall–Kier alpha value is -4.60. The van der Waals surface area contributed by atoms with Gasteiger partial charge in [-0.15, -0.1) is 0 Å². The van der Waals surface area contributed by atoms with Gasteiger partial charge < -0.3 is 25.3 Å². The van der Waals surface area contributed by atoms with Gasteiger partial charge in [0.25, 0.3) is 0 Å². The Morgan fingerprint density at radius 2 is 1.76 bits per heavy atom. The topological polar surface area (TPSA) is 131 Å². The first-order valence-electron chi connectivity index (χ1n) is 13.8.